The van der Waals surface area contributed by atoms with Crippen LogP contribution in [-0.4, -0.2) is 43.2 Å². The molecule has 1 aliphatic carbocycles. The van der Waals surface area contributed by atoms with Gasteiger partial charge < -0.3 is 16.0 Å². The van der Waals surface area contributed by atoms with Gasteiger partial charge >= 0.3 is 0 Å². The van der Waals surface area contributed by atoms with Crippen molar-refractivity contribution in [1.82, 2.24) is 10.2 Å². The summed E-state index contributed by atoms with van der Waals surface area (Å²) in [7, 11) is 0. The standard InChI is InChI=1S/C14H27N3/c1-11(12-2-3-12)8-16-14(9-15)10-17-6-4-13(14)5-7-17/h11-13,16H,2-10,15H2,1H3. The molecule has 0 aromatic heterocycles. The van der Waals surface area contributed by atoms with Crippen molar-refractivity contribution in [3.05, 3.63) is 0 Å². The second-order valence-corrected chi connectivity index (χ2v) is 6.61. The topological polar surface area (TPSA) is 41.3 Å². The number of nitrogens with one attached hydrogen (secondary N) is 1. The van der Waals surface area contributed by atoms with Crippen molar-refractivity contribution in [2.24, 2.45) is 23.5 Å². The summed E-state index contributed by atoms with van der Waals surface area (Å²) >= 11 is 0. The highest BCUT2D eigenvalue weighted by atomic mass is 15.2. The molecular formula is C14H27N3. The third kappa shape index (κ3) is 2.25. The summed E-state index contributed by atoms with van der Waals surface area (Å²) in [6.07, 6.45) is 5.60. The summed E-state index contributed by atoms with van der Waals surface area (Å²) in [5, 5.41) is 3.87. The molecule has 0 aromatic rings. The lowest BCUT2D eigenvalue weighted by molar-refractivity contribution is 0.00885. The van der Waals surface area contributed by atoms with E-state index in [1.165, 1.54) is 51.9 Å². The van der Waals surface area contributed by atoms with E-state index in [4.69, 9.17) is 5.73 Å². The molecule has 98 valence electrons. The van der Waals surface area contributed by atoms with Crippen LogP contribution in [0.25, 0.3) is 0 Å². The molecule has 4 fully saturated rings. The molecule has 0 radical (unpaired) electrons. The Bertz CT molecular complexity index is 269. The number of fused-ring (bicyclic) bond motifs is 3. The summed E-state index contributed by atoms with van der Waals surface area (Å²) < 4.78 is 0. The number of piperidine rings is 3. The first-order chi connectivity index (χ1) is 8.23. The highest BCUT2D eigenvalue weighted by molar-refractivity contribution is 5.05. The van der Waals surface area contributed by atoms with Gasteiger partial charge in [0, 0.05) is 18.6 Å². The van der Waals surface area contributed by atoms with Gasteiger partial charge in [0.2, 0.25) is 0 Å². The van der Waals surface area contributed by atoms with Crippen LogP contribution < -0.4 is 11.1 Å². The Morgan fingerprint density at radius 3 is 2.47 bits per heavy atom. The highest BCUT2D eigenvalue weighted by Gasteiger charge is 2.45. The molecule has 1 saturated carbocycles. The lowest BCUT2D eigenvalue weighted by Crippen LogP contribution is -2.69. The molecule has 0 amide bonds. The fraction of sp³-hybridized carbons (Fsp3) is 1.00. The molecule has 4 aliphatic rings. The van der Waals surface area contributed by atoms with Crippen molar-refractivity contribution in [1.29, 1.82) is 0 Å². The molecule has 17 heavy (non-hydrogen) atoms. The van der Waals surface area contributed by atoms with Gasteiger partial charge in [0.15, 0.2) is 0 Å². The van der Waals surface area contributed by atoms with Gasteiger partial charge in [0.25, 0.3) is 0 Å². The Labute approximate surface area is 105 Å². The molecule has 3 heterocycles. The highest BCUT2D eigenvalue weighted by Crippen LogP contribution is 2.38. The Balaban J connectivity index is 1.61. The summed E-state index contributed by atoms with van der Waals surface area (Å²) in [6, 6.07) is 0. The predicted octanol–water partition coefficient (Wildman–Crippen LogP) is 1.05. The molecule has 4 rings (SSSR count). The molecule has 2 bridgehead atoms. The second kappa shape index (κ2) is 4.52. The first-order valence-corrected chi connectivity index (χ1v) is 7.41. The minimum atomic E-state index is 0.236. The quantitative estimate of drug-likeness (QED) is 0.751. The van der Waals surface area contributed by atoms with E-state index in [-0.39, 0.29) is 5.54 Å². The minimum Gasteiger partial charge on any atom is -0.329 e. The van der Waals surface area contributed by atoms with Gasteiger partial charge in [-0.15, -0.1) is 0 Å². The lowest BCUT2D eigenvalue weighted by atomic mass is 9.72. The number of nitrogens with zero attached hydrogens (tertiary/aromatic N) is 1. The summed E-state index contributed by atoms with van der Waals surface area (Å²) in [6.45, 7) is 8.16. The van der Waals surface area contributed by atoms with Crippen LogP contribution in [0, 0.1) is 17.8 Å². The van der Waals surface area contributed by atoms with Crippen molar-refractivity contribution in [3.8, 4) is 0 Å². The van der Waals surface area contributed by atoms with Gasteiger partial charge in [-0.25, -0.2) is 0 Å². The Morgan fingerprint density at radius 2 is 2.00 bits per heavy atom. The smallest absolute Gasteiger partial charge is 0.0462 e. The van der Waals surface area contributed by atoms with Crippen LogP contribution in [0.2, 0.25) is 0 Å². The maximum absolute atomic E-state index is 6.11. The van der Waals surface area contributed by atoms with Crippen LogP contribution in [0.5, 0.6) is 0 Å². The maximum atomic E-state index is 6.11. The largest absolute Gasteiger partial charge is 0.329 e. The van der Waals surface area contributed by atoms with Gasteiger partial charge in [-0.1, -0.05) is 6.92 Å². The molecule has 3 aliphatic heterocycles. The van der Waals surface area contributed by atoms with Crippen molar-refractivity contribution in [2.45, 2.75) is 38.1 Å². The van der Waals surface area contributed by atoms with Crippen LogP contribution in [0.4, 0.5) is 0 Å². The van der Waals surface area contributed by atoms with Crippen molar-refractivity contribution in [3.63, 3.8) is 0 Å². The fourth-order valence-electron chi connectivity index (χ4n) is 3.87. The van der Waals surface area contributed by atoms with E-state index in [1.54, 1.807) is 0 Å². The fourth-order valence-corrected chi connectivity index (χ4v) is 3.87. The Hall–Kier alpha value is -0.120. The Morgan fingerprint density at radius 1 is 1.29 bits per heavy atom. The molecule has 3 saturated heterocycles. The molecule has 0 aromatic carbocycles. The zero-order valence-corrected chi connectivity index (χ0v) is 11.1. The molecular weight excluding hydrogens is 210 g/mol. The van der Waals surface area contributed by atoms with Crippen molar-refractivity contribution in [2.75, 3.05) is 32.7 Å². The number of rotatable bonds is 5. The van der Waals surface area contributed by atoms with Crippen molar-refractivity contribution >= 4 is 0 Å². The van der Waals surface area contributed by atoms with Crippen molar-refractivity contribution < 1.29 is 0 Å². The van der Waals surface area contributed by atoms with Gasteiger partial charge in [-0.05, 0) is 63.1 Å². The molecule has 2 atom stereocenters. The summed E-state index contributed by atoms with van der Waals surface area (Å²) in [5.41, 5.74) is 6.35. The SMILES string of the molecule is CC(CNC1(CN)CN2CCC1CC2)C1CC1. The first kappa shape index (κ1) is 11.9. The number of hydrogen-bond donors (Lipinski definition) is 2. The number of hydrogen-bond acceptors (Lipinski definition) is 3. The third-order valence-corrected chi connectivity index (χ3v) is 5.44. The van der Waals surface area contributed by atoms with Gasteiger partial charge in [-0.3, -0.25) is 0 Å². The number of nitrogens with two attached hydrogens (primary N) is 1. The van der Waals surface area contributed by atoms with E-state index in [9.17, 15) is 0 Å². The molecule has 3 N–H and O–H groups in total. The predicted molar refractivity (Wildman–Crippen MR) is 70.8 cm³/mol. The second-order valence-electron chi connectivity index (χ2n) is 6.61. The normalized spacial score (nSPS) is 42.7. The molecule has 2 unspecified atom stereocenters. The third-order valence-electron chi connectivity index (χ3n) is 5.44. The van der Waals surface area contributed by atoms with Gasteiger partial charge in [0.05, 0.1) is 0 Å². The van der Waals surface area contributed by atoms with Crippen LogP contribution in [0.3, 0.4) is 0 Å². The summed E-state index contributed by atoms with van der Waals surface area (Å²) in [5.74, 6) is 2.66. The molecule has 3 nitrogen and oxygen atoms in total. The maximum Gasteiger partial charge on any atom is 0.0462 e. The summed E-state index contributed by atoms with van der Waals surface area (Å²) in [4.78, 5) is 2.60. The average Bonchev–Trinajstić information content (AvgIpc) is 3.21. The van der Waals surface area contributed by atoms with E-state index in [2.05, 4.69) is 17.1 Å². The molecule has 0 spiro atoms. The lowest BCUT2D eigenvalue weighted by Gasteiger charge is -2.53. The van der Waals surface area contributed by atoms with Crippen LogP contribution >= 0.6 is 0 Å². The van der Waals surface area contributed by atoms with E-state index in [0.29, 0.717) is 0 Å². The van der Waals surface area contributed by atoms with E-state index < -0.39 is 0 Å². The monoisotopic (exact) mass is 237 g/mol. The average molecular weight is 237 g/mol. The minimum absolute atomic E-state index is 0.236. The Kier molecular flexibility index (Phi) is 3.18. The zero-order chi connectivity index (χ0) is 11.9. The van der Waals surface area contributed by atoms with Crippen LogP contribution in [-0.2, 0) is 0 Å². The van der Waals surface area contributed by atoms with Crippen LogP contribution in [0.1, 0.15) is 32.6 Å². The van der Waals surface area contributed by atoms with Crippen LogP contribution in [0.15, 0.2) is 0 Å². The van der Waals surface area contributed by atoms with Gasteiger partial charge in [-0.2, -0.15) is 0 Å². The van der Waals surface area contributed by atoms with E-state index in [0.717, 1.165) is 24.3 Å². The zero-order valence-electron chi connectivity index (χ0n) is 11.1. The van der Waals surface area contributed by atoms with E-state index >= 15 is 0 Å². The van der Waals surface area contributed by atoms with E-state index in [1.807, 2.05) is 0 Å². The molecule has 3 heteroatoms. The first-order valence-electron chi connectivity index (χ1n) is 7.41. The van der Waals surface area contributed by atoms with Gasteiger partial charge in [0.1, 0.15) is 0 Å².